The second-order valence-corrected chi connectivity index (χ2v) is 4.86. The van der Waals surface area contributed by atoms with Crippen LogP contribution in [0, 0.1) is 5.92 Å². The average Bonchev–Trinajstić information content (AvgIpc) is 2.54. The van der Waals surface area contributed by atoms with Crippen molar-refractivity contribution >= 4 is 24.1 Å². The summed E-state index contributed by atoms with van der Waals surface area (Å²) < 4.78 is 0. The molecule has 1 aromatic rings. The second-order valence-electron chi connectivity index (χ2n) is 4.86. The molecule has 0 spiro atoms. The second kappa shape index (κ2) is 7.84. The van der Waals surface area contributed by atoms with E-state index in [0.29, 0.717) is 24.9 Å². The largest absolute Gasteiger partial charge is 0.507 e. The molecule has 1 aliphatic rings. The molecule has 0 aliphatic heterocycles. The minimum atomic E-state index is -1.23. The number of phenolic OH excluding ortho intramolecular Hbond substituents is 1. The molecule has 23 heavy (non-hydrogen) atoms. The molecule has 0 aromatic heterocycles. The standard InChI is InChI=1S/C17H16N2O4/c20-11-14-16(22)6-5-13(17(14)23)10-19-8-7-18-9-12-3-1-2-4-15(12)21/h1-6,9-11,14,19,21H,7-8H2/b13-10+,18-9?. The van der Waals surface area contributed by atoms with Crippen LogP contribution in [-0.4, -0.2) is 42.3 Å². The first kappa shape index (κ1) is 16.4. The lowest BCUT2D eigenvalue weighted by atomic mass is 9.90. The fourth-order valence-electron chi connectivity index (χ4n) is 1.99. The number of hydrogen-bond acceptors (Lipinski definition) is 6. The normalized spacial score (nSPS) is 19.5. The van der Waals surface area contributed by atoms with Crippen molar-refractivity contribution in [2.24, 2.45) is 10.9 Å². The number of Topliss-reactive ketones (excluding diaryl/α,β-unsaturated/α-hetero) is 1. The van der Waals surface area contributed by atoms with Crippen molar-refractivity contribution in [2.45, 2.75) is 0 Å². The fraction of sp³-hybridized carbons (Fsp3) is 0.176. The number of carbonyl (C=O) groups is 3. The molecule has 1 aromatic carbocycles. The van der Waals surface area contributed by atoms with E-state index in [2.05, 4.69) is 10.3 Å². The Balaban J connectivity index is 1.84. The third-order valence-electron chi connectivity index (χ3n) is 3.25. The highest BCUT2D eigenvalue weighted by Crippen LogP contribution is 2.14. The molecule has 0 heterocycles. The van der Waals surface area contributed by atoms with Crippen molar-refractivity contribution in [3.05, 3.63) is 53.8 Å². The Kier molecular flexibility index (Phi) is 5.57. The van der Waals surface area contributed by atoms with Crippen LogP contribution in [0.15, 0.2) is 53.2 Å². The summed E-state index contributed by atoms with van der Waals surface area (Å²) in [6.07, 6.45) is 6.01. The molecule has 2 N–H and O–H groups in total. The Morgan fingerprint density at radius 1 is 1.22 bits per heavy atom. The van der Waals surface area contributed by atoms with E-state index in [1.807, 2.05) is 0 Å². The van der Waals surface area contributed by atoms with Crippen molar-refractivity contribution in [3.63, 3.8) is 0 Å². The highest BCUT2D eigenvalue weighted by Gasteiger charge is 2.29. The van der Waals surface area contributed by atoms with Gasteiger partial charge < -0.3 is 15.2 Å². The van der Waals surface area contributed by atoms with Crippen molar-refractivity contribution < 1.29 is 19.5 Å². The smallest absolute Gasteiger partial charge is 0.182 e. The molecular weight excluding hydrogens is 296 g/mol. The zero-order valence-corrected chi connectivity index (χ0v) is 12.3. The zero-order chi connectivity index (χ0) is 16.7. The first-order chi connectivity index (χ1) is 11.1. The van der Waals surface area contributed by atoms with Gasteiger partial charge in [-0.3, -0.25) is 14.6 Å². The monoisotopic (exact) mass is 312 g/mol. The van der Waals surface area contributed by atoms with Gasteiger partial charge in [-0.05, 0) is 24.3 Å². The molecule has 0 radical (unpaired) electrons. The van der Waals surface area contributed by atoms with Crippen LogP contribution in [0.1, 0.15) is 5.56 Å². The van der Waals surface area contributed by atoms with Crippen molar-refractivity contribution in [2.75, 3.05) is 13.1 Å². The van der Waals surface area contributed by atoms with E-state index in [1.165, 1.54) is 18.4 Å². The highest BCUT2D eigenvalue weighted by atomic mass is 16.3. The van der Waals surface area contributed by atoms with Gasteiger partial charge in [-0.25, -0.2) is 0 Å². The van der Waals surface area contributed by atoms with Crippen LogP contribution >= 0.6 is 0 Å². The fourth-order valence-corrected chi connectivity index (χ4v) is 1.99. The van der Waals surface area contributed by atoms with Gasteiger partial charge in [-0.15, -0.1) is 0 Å². The van der Waals surface area contributed by atoms with Gasteiger partial charge in [0, 0.05) is 30.1 Å². The lowest BCUT2D eigenvalue weighted by Crippen LogP contribution is -2.29. The summed E-state index contributed by atoms with van der Waals surface area (Å²) >= 11 is 0. The molecule has 1 aliphatic carbocycles. The molecule has 2 rings (SSSR count). The number of para-hydroxylation sites is 1. The summed E-state index contributed by atoms with van der Waals surface area (Å²) in [7, 11) is 0. The Bertz CT molecular complexity index is 704. The Labute approximate surface area is 133 Å². The summed E-state index contributed by atoms with van der Waals surface area (Å²) in [5, 5.41) is 12.5. The predicted molar refractivity (Wildman–Crippen MR) is 85.4 cm³/mol. The number of hydrogen-bond donors (Lipinski definition) is 2. The van der Waals surface area contributed by atoms with Gasteiger partial charge in [0.05, 0.1) is 6.54 Å². The molecule has 6 heteroatoms. The van der Waals surface area contributed by atoms with E-state index in [4.69, 9.17) is 0 Å². The quantitative estimate of drug-likeness (QED) is 0.266. The van der Waals surface area contributed by atoms with Crippen LogP contribution in [0.2, 0.25) is 0 Å². The number of aldehydes is 1. The number of carbonyl (C=O) groups excluding carboxylic acids is 3. The lowest BCUT2D eigenvalue weighted by Gasteiger charge is -2.11. The number of aromatic hydroxyl groups is 1. The van der Waals surface area contributed by atoms with Gasteiger partial charge in [0.25, 0.3) is 0 Å². The predicted octanol–water partition coefficient (Wildman–Crippen LogP) is 0.808. The summed E-state index contributed by atoms with van der Waals surface area (Å²) in [6.45, 7) is 0.903. The number of benzene rings is 1. The Morgan fingerprint density at radius 3 is 2.74 bits per heavy atom. The molecule has 0 fully saturated rings. The molecule has 118 valence electrons. The van der Waals surface area contributed by atoms with Crippen LogP contribution in [0.3, 0.4) is 0 Å². The minimum Gasteiger partial charge on any atom is -0.507 e. The van der Waals surface area contributed by atoms with Crippen LogP contribution in [0.5, 0.6) is 5.75 Å². The van der Waals surface area contributed by atoms with E-state index < -0.39 is 17.5 Å². The van der Waals surface area contributed by atoms with Gasteiger partial charge in [-0.2, -0.15) is 0 Å². The summed E-state index contributed by atoms with van der Waals surface area (Å²) in [4.78, 5) is 38.1. The summed E-state index contributed by atoms with van der Waals surface area (Å²) in [5.41, 5.74) is 0.912. The van der Waals surface area contributed by atoms with Crippen molar-refractivity contribution in [1.29, 1.82) is 0 Å². The third kappa shape index (κ3) is 4.23. The molecule has 1 unspecified atom stereocenters. The van der Waals surface area contributed by atoms with Gasteiger partial charge in [-0.1, -0.05) is 12.1 Å². The average molecular weight is 312 g/mol. The molecule has 0 saturated carbocycles. The highest BCUT2D eigenvalue weighted by molar-refractivity contribution is 6.25. The maximum Gasteiger partial charge on any atom is 0.182 e. The SMILES string of the molecule is O=CC1C(=O)C=C/C(=C\NCCN=Cc2ccccc2O)C1=O. The van der Waals surface area contributed by atoms with Crippen LogP contribution in [0.4, 0.5) is 0 Å². The van der Waals surface area contributed by atoms with E-state index in [-0.39, 0.29) is 11.3 Å². The van der Waals surface area contributed by atoms with E-state index >= 15 is 0 Å². The molecule has 0 bridgehead atoms. The minimum absolute atomic E-state index is 0.161. The molecule has 6 nitrogen and oxygen atoms in total. The topological polar surface area (TPSA) is 95.8 Å². The number of phenols is 1. The summed E-state index contributed by atoms with van der Waals surface area (Å²) in [5.74, 6) is -2.06. The van der Waals surface area contributed by atoms with Crippen LogP contribution in [-0.2, 0) is 14.4 Å². The van der Waals surface area contributed by atoms with Gasteiger partial charge >= 0.3 is 0 Å². The van der Waals surface area contributed by atoms with E-state index in [0.717, 1.165) is 0 Å². The lowest BCUT2D eigenvalue weighted by molar-refractivity contribution is -0.132. The molecular formula is C17H16N2O4. The number of nitrogens with one attached hydrogen (secondary N) is 1. The molecule has 1 atom stereocenters. The van der Waals surface area contributed by atoms with Gasteiger partial charge in [0.1, 0.15) is 18.0 Å². The van der Waals surface area contributed by atoms with Crippen molar-refractivity contribution in [1.82, 2.24) is 5.32 Å². The van der Waals surface area contributed by atoms with Crippen LogP contribution < -0.4 is 5.32 Å². The first-order valence-electron chi connectivity index (χ1n) is 7.06. The van der Waals surface area contributed by atoms with Crippen molar-refractivity contribution in [3.8, 4) is 5.75 Å². The maximum atomic E-state index is 11.8. The Hall–Kier alpha value is -3.02. The number of aliphatic imine (C=N–C) groups is 1. The van der Waals surface area contributed by atoms with E-state index in [9.17, 15) is 19.5 Å². The summed E-state index contributed by atoms with van der Waals surface area (Å²) in [6, 6.07) is 6.86. The maximum absolute atomic E-state index is 11.8. The zero-order valence-electron chi connectivity index (χ0n) is 12.3. The van der Waals surface area contributed by atoms with Gasteiger partial charge in [0.2, 0.25) is 0 Å². The third-order valence-corrected chi connectivity index (χ3v) is 3.25. The first-order valence-corrected chi connectivity index (χ1v) is 7.06. The van der Waals surface area contributed by atoms with Gasteiger partial charge in [0.15, 0.2) is 11.6 Å². The Morgan fingerprint density at radius 2 is 2.00 bits per heavy atom. The number of nitrogens with zero attached hydrogens (tertiary/aromatic N) is 1. The molecule has 0 saturated heterocycles. The van der Waals surface area contributed by atoms with Crippen LogP contribution in [0.25, 0.3) is 0 Å². The van der Waals surface area contributed by atoms with E-state index in [1.54, 1.807) is 30.5 Å². The number of ketones is 2. The molecule has 0 amide bonds. The number of rotatable bonds is 6. The number of allylic oxidation sites excluding steroid dienone is 3.